The number of carbonyl (C=O) groups is 2. The lowest BCUT2D eigenvalue weighted by atomic mass is 9.98. The third-order valence-corrected chi connectivity index (χ3v) is 7.17. The minimum atomic E-state index is -0.187. The second-order valence-electron chi connectivity index (χ2n) is 9.84. The molecule has 0 radical (unpaired) electrons. The van der Waals surface area contributed by atoms with Gasteiger partial charge in [0.25, 0.3) is 11.8 Å². The number of nitrogens with zero attached hydrogens (tertiary/aromatic N) is 2. The molecular formula is C33H33N3O2. The standard InChI is InChI=1S/C33H33N3O2/c1-24-14-16-25(17-15-24)28-10-4-5-11-29(28)32(37)34-27-20-18-26(19-21-27)33(38)35(2)30-12-6-7-13-31(30)36-22-8-3-9-23-36/h4-7,10-21H,3,8-9,22-23H2,1-2H3,(H,34,37). The van der Waals surface area contributed by atoms with E-state index in [-0.39, 0.29) is 11.8 Å². The number of rotatable bonds is 6. The molecule has 1 aliphatic heterocycles. The third-order valence-electron chi connectivity index (χ3n) is 7.17. The highest BCUT2D eigenvalue weighted by atomic mass is 16.2. The molecule has 5 rings (SSSR count). The topological polar surface area (TPSA) is 52.7 Å². The van der Waals surface area contributed by atoms with E-state index in [9.17, 15) is 9.59 Å². The van der Waals surface area contributed by atoms with E-state index in [1.165, 1.54) is 24.8 Å². The SMILES string of the molecule is Cc1ccc(-c2ccccc2C(=O)Nc2ccc(C(=O)N(C)c3ccccc3N3CCCCC3)cc2)cc1. The van der Waals surface area contributed by atoms with Crippen molar-refractivity contribution in [2.75, 3.05) is 35.3 Å². The molecule has 0 bridgehead atoms. The minimum Gasteiger partial charge on any atom is -0.370 e. The molecule has 5 heteroatoms. The van der Waals surface area contributed by atoms with Crippen LogP contribution >= 0.6 is 0 Å². The summed E-state index contributed by atoms with van der Waals surface area (Å²) < 4.78 is 0. The first-order valence-electron chi connectivity index (χ1n) is 13.2. The molecule has 1 heterocycles. The van der Waals surface area contributed by atoms with Crippen LogP contribution in [0.2, 0.25) is 0 Å². The van der Waals surface area contributed by atoms with Crippen molar-refractivity contribution in [1.29, 1.82) is 0 Å². The first-order chi connectivity index (χ1) is 18.5. The predicted molar refractivity (Wildman–Crippen MR) is 156 cm³/mol. The molecule has 0 unspecified atom stereocenters. The van der Waals surface area contributed by atoms with Gasteiger partial charge >= 0.3 is 0 Å². The molecule has 1 N–H and O–H groups in total. The summed E-state index contributed by atoms with van der Waals surface area (Å²) >= 11 is 0. The molecule has 1 saturated heterocycles. The highest BCUT2D eigenvalue weighted by Gasteiger charge is 2.21. The number of hydrogen-bond acceptors (Lipinski definition) is 3. The number of carbonyl (C=O) groups excluding carboxylic acids is 2. The number of benzene rings is 4. The van der Waals surface area contributed by atoms with Crippen LogP contribution in [0.4, 0.5) is 17.1 Å². The normalized spacial score (nSPS) is 13.2. The summed E-state index contributed by atoms with van der Waals surface area (Å²) in [6.45, 7) is 4.07. The van der Waals surface area contributed by atoms with Gasteiger partial charge in [-0.05, 0) is 79.8 Å². The third kappa shape index (κ3) is 5.47. The van der Waals surface area contributed by atoms with E-state index in [4.69, 9.17) is 0 Å². The molecule has 0 aromatic heterocycles. The van der Waals surface area contributed by atoms with Crippen LogP contribution in [0.25, 0.3) is 11.1 Å². The molecule has 0 saturated carbocycles. The summed E-state index contributed by atoms with van der Waals surface area (Å²) in [5.41, 5.74) is 6.86. The average molecular weight is 504 g/mol. The van der Waals surface area contributed by atoms with Crippen LogP contribution in [-0.4, -0.2) is 32.0 Å². The van der Waals surface area contributed by atoms with Gasteiger partial charge < -0.3 is 15.1 Å². The number of para-hydroxylation sites is 2. The maximum absolute atomic E-state index is 13.4. The Hall–Kier alpha value is -4.38. The maximum atomic E-state index is 13.4. The summed E-state index contributed by atoms with van der Waals surface area (Å²) in [5, 5.41) is 2.99. The minimum absolute atomic E-state index is 0.0861. The van der Waals surface area contributed by atoms with Gasteiger partial charge in [-0.2, -0.15) is 0 Å². The molecular weight excluding hydrogens is 470 g/mol. The van der Waals surface area contributed by atoms with E-state index < -0.39 is 0 Å². The number of piperidine rings is 1. The molecule has 0 aliphatic carbocycles. The van der Waals surface area contributed by atoms with Gasteiger partial charge in [0.1, 0.15) is 0 Å². The molecule has 0 atom stereocenters. The molecule has 1 fully saturated rings. The van der Waals surface area contributed by atoms with Crippen LogP contribution in [0.5, 0.6) is 0 Å². The van der Waals surface area contributed by atoms with Gasteiger partial charge in [0.05, 0.1) is 11.4 Å². The Morgan fingerprint density at radius 2 is 1.42 bits per heavy atom. The van der Waals surface area contributed by atoms with E-state index >= 15 is 0 Å². The van der Waals surface area contributed by atoms with Crippen molar-refractivity contribution < 1.29 is 9.59 Å². The van der Waals surface area contributed by atoms with E-state index in [1.54, 1.807) is 29.2 Å². The number of anilines is 3. The van der Waals surface area contributed by atoms with Crippen LogP contribution in [0.15, 0.2) is 97.1 Å². The Balaban J connectivity index is 1.31. The number of hydrogen-bond donors (Lipinski definition) is 1. The van der Waals surface area contributed by atoms with Crippen molar-refractivity contribution in [2.24, 2.45) is 0 Å². The van der Waals surface area contributed by atoms with Crippen LogP contribution in [0.1, 0.15) is 45.5 Å². The zero-order valence-corrected chi connectivity index (χ0v) is 22.0. The van der Waals surface area contributed by atoms with E-state index in [0.717, 1.165) is 35.6 Å². The van der Waals surface area contributed by atoms with Crippen molar-refractivity contribution >= 4 is 28.9 Å². The van der Waals surface area contributed by atoms with Crippen LogP contribution in [-0.2, 0) is 0 Å². The van der Waals surface area contributed by atoms with Crippen LogP contribution in [0.3, 0.4) is 0 Å². The lowest BCUT2D eigenvalue weighted by Crippen LogP contribution is -2.33. The summed E-state index contributed by atoms with van der Waals surface area (Å²) in [6.07, 6.45) is 3.61. The Morgan fingerprint density at radius 3 is 2.16 bits per heavy atom. The first kappa shape index (κ1) is 25.3. The van der Waals surface area contributed by atoms with Gasteiger partial charge in [-0.15, -0.1) is 0 Å². The Kier molecular flexibility index (Phi) is 7.55. The van der Waals surface area contributed by atoms with Gasteiger partial charge in [-0.3, -0.25) is 9.59 Å². The summed E-state index contributed by atoms with van der Waals surface area (Å²) in [6, 6.07) is 30.9. The lowest BCUT2D eigenvalue weighted by molar-refractivity contribution is 0.0991. The summed E-state index contributed by atoms with van der Waals surface area (Å²) in [7, 11) is 1.82. The van der Waals surface area contributed by atoms with Crippen molar-refractivity contribution in [3.63, 3.8) is 0 Å². The monoisotopic (exact) mass is 503 g/mol. The smallest absolute Gasteiger partial charge is 0.258 e. The molecule has 192 valence electrons. The van der Waals surface area contributed by atoms with Crippen molar-refractivity contribution in [3.8, 4) is 11.1 Å². The van der Waals surface area contributed by atoms with Gasteiger partial charge in [0.15, 0.2) is 0 Å². The lowest BCUT2D eigenvalue weighted by Gasteiger charge is -2.32. The molecule has 2 amide bonds. The van der Waals surface area contributed by atoms with Gasteiger partial charge in [0.2, 0.25) is 0 Å². The predicted octanol–water partition coefficient (Wildman–Crippen LogP) is 7.18. The Morgan fingerprint density at radius 1 is 0.763 bits per heavy atom. The molecule has 38 heavy (non-hydrogen) atoms. The second-order valence-corrected chi connectivity index (χ2v) is 9.84. The van der Waals surface area contributed by atoms with Gasteiger partial charge in [-0.25, -0.2) is 0 Å². The van der Waals surface area contributed by atoms with E-state index in [0.29, 0.717) is 16.8 Å². The highest BCUT2D eigenvalue weighted by molar-refractivity contribution is 6.10. The highest BCUT2D eigenvalue weighted by Crippen LogP contribution is 2.32. The summed E-state index contributed by atoms with van der Waals surface area (Å²) in [4.78, 5) is 30.7. The fourth-order valence-electron chi connectivity index (χ4n) is 5.01. The van der Waals surface area contributed by atoms with Crippen molar-refractivity contribution in [1.82, 2.24) is 0 Å². The Bertz CT molecular complexity index is 1420. The van der Waals surface area contributed by atoms with Gasteiger partial charge in [-0.1, -0.05) is 60.2 Å². The number of nitrogens with one attached hydrogen (secondary N) is 1. The molecule has 1 aliphatic rings. The molecule has 4 aromatic carbocycles. The Labute approximate surface area is 224 Å². The fraction of sp³-hybridized carbons (Fsp3) is 0.212. The quantitative estimate of drug-likeness (QED) is 0.303. The average Bonchev–Trinajstić information content (AvgIpc) is 2.97. The fourth-order valence-corrected chi connectivity index (χ4v) is 5.01. The summed E-state index contributed by atoms with van der Waals surface area (Å²) in [5.74, 6) is -0.273. The molecule has 4 aromatic rings. The molecule has 5 nitrogen and oxygen atoms in total. The number of aryl methyl sites for hydroxylation is 1. The first-order valence-corrected chi connectivity index (χ1v) is 13.2. The van der Waals surface area contributed by atoms with E-state index in [2.05, 4.69) is 16.3 Å². The second kappa shape index (κ2) is 11.3. The zero-order valence-electron chi connectivity index (χ0n) is 22.0. The number of amides is 2. The van der Waals surface area contributed by atoms with Crippen LogP contribution < -0.4 is 15.1 Å². The zero-order chi connectivity index (χ0) is 26.5. The van der Waals surface area contributed by atoms with Crippen molar-refractivity contribution in [3.05, 3.63) is 114 Å². The van der Waals surface area contributed by atoms with Crippen LogP contribution in [0, 0.1) is 6.92 Å². The molecule has 0 spiro atoms. The van der Waals surface area contributed by atoms with Gasteiger partial charge in [0, 0.05) is 37.0 Å². The maximum Gasteiger partial charge on any atom is 0.258 e. The van der Waals surface area contributed by atoms with Crippen molar-refractivity contribution in [2.45, 2.75) is 26.2 Å². The van der Waals surface area contributed by atoms with E-state index in [1.807, 2.05) is 80.7 Å². The largest absolute Gasteiger partial charge is 0.370 e.